The number of nitrogens with zero attached hydrogens (tertiary/aromatic N) is 1. The van der Waals surface area contributed by atoms with E-state index in [4.69, 9.17) is 4.74 Å². The van der Waals surface area contributed by atoms with Gasteiger partial charge in [0.15, 0.2) is 5.13 Å². The van der Waals surface area contributed by atoms with E-state index in [9.17, 15) is 12.8 Å². The average Bonchev–Trinajstić information content (AvgIpc) is 2.88. The first-order chi connectivity index (χ1) is 11.0. The Morgan fingerprint density at radius 1 is 1.22 bits per heavy atom. The number of nitrogens with one attached hydrogen (secondary N) is 1. The maximum absolute atomic E-state index is 12.9. The average molecular weight is 352 g/mol. The topological polar surface area (TPSA) is 68.3 Å². The smallest absolute Gasteiger partial charge is 0.263 e. The molecule has 0 unspecified atom stereocenters. The number of sulfonamides is 1. The van der Waals surface area contributed by atoms with Crippen molar-refractivity contribution in [2.24, 2.45) is 0 Å². The SMILES string of the molecule is CCOc1ccc2nc(NS(=O)(=O)c3ccc(F)cc3)sc2c1. The fourth-order valence-electron chi connectivity index (χ4n) is 1.99. The number of rotatable bonds is 5. The van der Waals surface area contributed by atoms with Crippen LogP contribution in [0.2, 0.25) is 0 Å². The van der Waals surface area contributed by atoms with Gasteiger partial charge in [0, 0.05) is 0 Å². The molecule has 0 atom stereocenters. The highest BCUT2D eigenvalue weighted by Crippen LogP contribution is 2.30. The molecule has 2 aromatic carbocycles. The summed E-state index contributed by atoms with van der Waals surface area (Å²) in [6.07, 6.45) is 0. The molecule has 8 heteroatoms. The molecule has 0 saturated carbocycles. The van der Waals surface area contributed by atoms with E-state index in [1.807, 2.05) is 13.0 Å². The van der Waals surface area contributed by atoms with Crippen LogP contribution in [0, 0.1) is 5.82 Å². The molecule has 1 N–H and O–H groups in total. The molecule has 3 rings (SSSR count). The number of thiazole rings is 1. The Kier molecular flexibility index (Phi) is 4.18. The van der Waals surface area contributed by atoms with Gasteiger partial charge >= 0.3 is 0 Å². The molecule has 3 aromatic rings. The summed E-state index contributed by atoms with van der Waals surface area (Å²) in [4.78, 5) is 4.22. The highest BCUT2D eigenvalue weighted by molar-refractivity contribution is 7.93. The second-order valence-electron chi connectivity index (χ2n) is 4.64. The zero-order valence-corrected chi connectivity index (χ0v) is 13.7. The summed E-state index contributed by atoms with van der Waals surface area (Å²) in [7, 11) is -3.80. The summed E-state index contributed by atoms with van der Waals surface area (Å²) in [5, 5.41) is 0.248. The van der Waals surface area contributed by atoms with Crippen molar-refractivity contribution in [1.82, 2.24) is 4.98 Å². The predicted octanol–water partition coefficient (Wildman–Crippen LogP) is 3.63. The molecule has 0 aliphatic carbocycles. The minimum atomic E-state index is -3.80. The maximum atomic E-state index is 12.9. The molecule has 23 heavy (non-hydrogen) atoms. The molecule has 0 radical (unpaired) electrons. The van der Waals surface area contributed by atoms with Gasteiger partial charge in [-0.15, -0.1) is 0 Å². The van der Waals surface area contributed by atoms with E-state index in [1.54, 1.807) is 12.1 Å². The van der Waals surface area contributed by atoms with Crippen LogP contribution in [0.5, 0.6) is 5.75 Å². The minimum absolute atomic E-state index is 0.0202. The lowest BCUT2D eigenvalue weighted by Crippen LogP contribution is -2.12. The van der Waals surface area contributed by atoms with Crippen LogP contribution < -0.4 is 9.46 Å². The van der Waals surface area contributed by atoms with Gasteiger partial charge < -0.3 is 4.74 Å². The molecular formula is C15H13FN2O3S2. The number of fused-ring (bicyclic) bond motifs is 1. The summed E-state index contributed by atoms with van der Waals surface area (Å²) in [6.45, 7) is 2.44. The van der Waals surface area contributed by atoms with Crippen molar-refractivity contribution in [1.29, 1.82) is 0 Å². The van der Waals surface area contributed by atoms with E-state index in [-0.39, 0.29) is 10.0 Å². The van der Waals surface area contributed by atoms with Gasteiger partial charge in [0.2, 0.25) is 0 Å². The van der Waals surface area contributed by atoms with E-state index in [1.165, 1.54) is 23.5 Å². The summed E-state index contributed by atoms with van der Waals surface area (Å²) in [5.74, 6) is 0.212. The number of ether oxygens (including phenoxy) is 1. The van der Waals surface area contributed by atoms with Crippen LogP contribution in [0.3, 0.4) is 0 Å². The van der Waals surface area contributed by atoms with Crippen molar-refractivity contribution in [2.75, 3.05) is 11.3 Å². The van der Waals surface area contributed by atoms with Crippen molar-refractivity contribution >= 4 is 36.7 Å². The lowest BCUT2D eigenvalue weighted by atomic mass is 10.3. The van der Waals surface area contributed by atoms with Crippen LogP contribution in [-0.2, 0) is 10.0 Å². The normalized spacial score (nSPS) is 11.6. The first kappa shape index (κ1) is 15.7. The number of anilines is 1. The van der Waals surface area contributed by atoms with Gasteiger partial charge in [-0.3, -0.25) is 4.72 Å². The number of aromatic nitrogens is 1. The van der Waals surface area contributed by atoms with Crippen molar-refractivity contribution < 1.29 is 17.5 Å². The third-order valence-electron chi connectivity index (χ3n) is 3.02. The first-order valence-corrected chi connectivity index (χ1v) is 9.09. The second-order valence-corrected chi connectivity index (χ2v) is 7.35. The number of hydrogen-bond acceptors (Lipinski definition) is 5. The number of benzene rings is 2. The van der Waals surface area contributed by atoms with Crippen molar-refractivity contribution in [2.45, 2.75) is 11.8 Å². The lowest BCUT2D eigenvalue weighted by Gasteiger charge is -2.04. The molecule has 5 nitrogen and oxygen atoms in total. The van der Waals surface area contributed by atoms with Crippen molar-refractivity contribution in [3.8, 4) is 5.75 Å². The molecule has 0 aliphatic rings. The molecule has 0 bridgehead atoms. The van der Waals surface area contributed by atoms with E-state index in [0.29, 0.717) is 17.9 Å². The summed E-state index contributed by atoms with van der Waals surface area (Å²) >= 11 is 1.21. The third-order valence-corrected chi connectivity index (χ3v) is 5.43. The molecular weight excluding hydrogens is 339 g/mol. The monoisotopic (exact) mass is 352 g/mol. The Balaban J connectivity index is 1.89. The van der Waals surface area contributed by atoms with E-state index < -0.39 is 15.8 Å². The Morgan fingerprint density at radius 3 is 2.65 bits per heavy atom. The van der Waals surface area contributed by atoms with Gasteiger partial charge in [-0.05, 0) is 49.4 Å². The summed E-state index contributed by atoms with van der Waals surface area (Å²) in [6, 6.07) is 9.97. The standard InChI is InChI=1S/C15H13FN2O3S2/c1-2-21-11-5-8-13-14(9-11)22-15(17-13)18-23(19,20)12-6-3-10(16)4-7-12/h3-9H,2H2,1H3,(H,17,18). The van der Waals surface area contributed by atoms with Gasteiger partial charge in [0.25, 0.3) is 10.0 Å². The fraction of sp³-hybridized carbons (Fsp3) is 0.133. The molecule has 1 heterocycles. The van der Waals surface area contributed by atoms with Crippen LogP contribution in [0.1, 0.15) is 6.92 Å². The third kappa shape index (κ3) is 3.43. The first-order valence-electron chi connectivity index (χ1n) is 6.80. The lowest BCUT2D eigenvalue weighted by molar-refractivity contribution is 0.341. The Morgan fingerprint density at radius 2 is 1.96 bits per heavy atom. The minimum Gasteiger partial charge on any atom is -0.494 e. The molecule has 0 saturated heterocycles. The number of hydrogen-bond donors (Lipinski definition) is 1. The Labute approximate surface area is 136 Å². The van der Waals surface area contributed by atoms with Crippen molar-refractivity contribution in [3.63, 3.8) is 0 Å². The largest absolute Gasteiger partial charge is 0.494 e. The van der Waals surface area contributed by atoms with Crippen LogP contribution >= 0.6 is 11.3 Å². The highest BCUT2D eigenvalue weighted by Gasteiger charge is 2.16. The van der Waals surface area contributed by atoms with Gasteiger partial charge in [0.1, 0.15) is 11.6 Å². The molecule has 0 spiro atoms. The zero-order valence-electron chi connectivity index (χ0n) is 12.1. The van der Waals surface area contributed by atoms with Crippen LogP contribution in [0.4, 0.5) is 9.52 Å². The Bertz CT molecular complexity index is 937. The van der Waals surface area contributed by atoms with E-state index >= 15 is 0 Å². The molecule has 0 amide bonds. The zero-order chi connectivity index (χ0) is 16.4. The predicted molar refractivity (Wildman–Crippen MR) is 88.0 cm³/mol. The van der Waals surface area contributed by atoms with E-state index in [2.05, 4.69) is 9.71 Å². The van der Waals surface area contributed by atoms with Crippen LogP contribution in [0.25, 0.3) is 10.2 Å². The van der Waals surface area contributed by atoms with Crippen LogP contribution in [-0.4, -0.2) is 20.0 Å². The van der Waals surface area contributed by atoms with Gasteiger partial charge in [-0.2, -0.15) is 0 Å². The van der Waals surface area contributed by atoms with Gasteiger partial charge in [-0.25, -0.2) is 17.8 Å². The molecule has 0 fully saturated rings. The maximum Gasteiger partial charge on any atom is 0.263 e. The fourth-order valence-corrected chi connectivity index (χ4v) is 4.12. The van der Waals surface area contributed by atoms with Gasteiger partial charge in [0.05, 0.1) is 21.7 Å². The number of halogens is 1. The quantitative estimate of drug-likeness (QED) is 0.761. The van der Waals surface area contributed by atoms with Gasteiger partial charge in [-0.1, -0.05) is 11.3 Å². The molecule has 0 aliphatic heterocycles. The molecule has 120 valence electrons. The van der Waals surface area contributed by atoms with Crippen LogP contribution in [0.15, 0.2) is 47.4 Å². The Hall–Kier alpha value is -2.19. The van der Waals surface area contributed by atoms with Crippen molar-refractivity contribution in [3.05, 3.63) is 48.3 Å². The van der Waals surface area contributed by atoms with E-state index in [0.717, 1.165) is 16.8 Å². The summed E-state index contributed by atoms with van der Waals surface area (Å²) < 4.78 is 46.1. The highest BCUT2D eigenvalue weighted by atomic mass is 32.2. The second kappa shape index (κ2) is 6.13. The summed E-state index contributed by atoms with van der Waals surface area (Å²) in [5.41, 5.74) is 0.676. The molecule has 1 aromatic heterocycles.